The van der Waals surface area contributed by atoms with E-state index in [1.807, 2.05) is 0 Å². The molecule has 0 unspecified atom stereocenters. The molecule has 1 rings (SSSR count). The van der Waals surface area contributed by atoms with Crippen LogP contribution in [0.1, 0.15) is 15.9 Å². The van der Waals surface area contributed by atoms with Gasteiger partial charge in [0.05, 0.1) is 15.4 Å². The summed E-state index contributed by atoms with van der Waals surface area (Å²) in [5.41, 5.74) is -2.05. The molecule has 0 aromatic heterocycles. The zero-order chi connectivity index (χ0) is 12.5. The van der Waals surface area contributed by atoms with Crippen molar-refractivity contribution in [2.24, 2.45) is 0 Å². The normalized spacial score (nSPS) is 9.81. The lowest BCUT2D eigenvalue weighted by atomic mass is 10.1. The van der Waals surface area contributed by atoms with Crippen molar-refractivity contribution in [1.29, 1.82) is 0 Å². The lowest BCUT2D eigenvalue weighted by Gasteiger charge is -2.02. The molecule has 1 aromatic carbocycles. The maximum atomic E-state index is 10.7. The van der Waals surface area contributed by atoms with Gasteiger partial charge in [-0.25, -0.2) is 4.79 Å². The van der Waals surface area contributed by atoms with Crippen LogP contribution in [0, 0.1) is 27.2 Å². The second-order valence-corrected chi connectivity index (χ2v) is 2.93. The highest BCUT2D eigenvalue weighted by atomic mass is 16.6. The summed E-state index contributed by atoms with van der Waals surface area (Å²) >= 11 is 0. The Kier molecular flexibility index (Phi) is 2.84. The molecule has 0 atom stereocenters. The van der Waals surface area contributed by atoms with Gasteiger partial charge in [0.2, 0.25) is 0 Å². The van der Waals surface area contributed by atoms with E-state index < -0.39 is 27.2 Å². The summed E-state index contributed by atoms with van der Waals surface area (Å²) in [6.45, 7) is 1.16. The molecule has 0 aliphatic heterocycles. The zero-order valence-corrected chi connectivity index (χ0v) is 8.04. The minimum atomic E-state index is -1.37. The van der Waals surface area contributed by atoms with Gasteiger partial charge < -0.3 is 5.11 Å². The molecule has 0 saturated carbocycles. The van der Waals surface area contributed by atoms with Gasteiger partial charge in [0, 0.05) is 11.6 Å². The van der Waals surface area contributed by atoms with Gasteiger partial charge in [-0.3, -0.25) is 20.2 Å². The molecule has 8 heteroatoms. The van der Waals surface area contributed by atoms with Crippen LogP contribution in [0.5, 0.6) is 0 Å². The molecule has 0 heterocycles. The molecule has 16 heavy (non-hydrogen) atoms. The van der Waals surface area contributed by atoms with E-state index in [2.05, 4.69) is 0 Å². The third kappa shape index (κ3) is 1.80. The van der Waals surface area contributed by atoms with E-state index in [9.17, 15) is 25.0 Å². The van der Waals surface area contributed by atoms with E-state index in [1.165, 1.54) is 0 Å². The second-order valence-electron chi connectivity index (χ2n) is 2.93. The monoisotopic (exact) mass is 226 g/mol. The summed E-state index contributed by atoms with van der Waals surface area (Å²) in [7, 11) is 0. The number of nitrogens with zero attached hydrogens (tertiary/aromatic N) is 2. The van der Waals surface area contributed by atoms with Crippen LogP contribution in [0.2, 0.25) is 0 Å². The Hall–Kier alpha value is -2.51. The smallest absolute Gasteiger partial charge is 0.349 e. The number of carbonyl (C=O) groups is 1. The summed E-state index contributed by atoms with van der Waals surface area (Å²) in [5.74, 6) is -1.37. The topological polar surface area (TPSA) is 124 Å². The van der Waals surface area contributed by atoms with Crippen molar-refractivity contribution in [3.05, 3.63) is 43.5 Å². The van der Waals surface area contributed by atoms with E-state index in [0.717, 1.165) is 19.1 Å². The Morgan fingerprint density at radius 3 is 2.19 bits per heavy atom. The highest BCUT2D eigenvalue weighted by Gasteiger charge is 2.29. The van der Waals surface area contributed by atoms with E-state index >= 15 is 0 Å². The minimum absolute atomic E-state index is 0.230. The van der Waals surface area contributed by atoms with Crippen LogP contribution in [-0.4, -0.2) is 20.9 Å². The zero-order valence-electron chi connectivity index (χ0n) is 8.04. The maximum absolute atomic E-state index is 10.7. The van der Waals surface area contributed by atoms with Gasteiger partial charge in [-0.1, -0.05) is 0 Å². The van der Waals surface area contributed by atoms with Gasteiger partial charge in [-0.2, -0.15) is 0 Å². The number of rotatable bonds is 3. The van der Waals surface area contributed by atoms with E-state index in [0.29, 0.717) is 0 Å². The molecule has 0 amide bonds. The molecular formula is C8H6N2O6. The Morgan fingerprint density at radius 2 is 1.81 bits per heavy atom. The molecular weight excluding hydrogens is 220 g/mol. The Labute approximate surface area is 88.4 Å². The number of hydrogen-bond acceptors (Lipinski definition) is 5. The number of benzene rings is 1. The van der Waals surface area contributed by atoms with E-state index in [-0.39, 0.29) is 11.1 Å². The van der Waals surface area contributed by atoms with Gasteiger partial charge in [0.15, 0.2) is 0 Å². The molecule has 0 aliphatic rings. The molecule has 0 saturated heterocycles. The Morgan fingerprint density at radius 1 is 1.25 bits per heavy atom. The summed E-state index contributed by atoms with van der Waals surface area (Å²) in [6, 6.07) is 1.79. The summed E-state index contributed by atoms with van der Waals surface area (Å²) in [4.78, 5) is 30.0. The maximum Gasteiger partial charge on any atom is 0.349 e. The van der Waals surface area contributed by atoms with Gasteiger partial charge >= 0.3 is 17.3 Å². The van der Waals surface area contributed by atoms with Gasteiger partial charge in [0.1, 0.15) is 0 Å². The van der Waals surface area contributed by atoms with Crippen LogP contribution < -0.4 is 0 Å². The first-order chi connectivity index (χ1) is 7.36. The average Bonchev–Trinajstić information content (AvgIpc) is 2.15. The van der Waals surface area contributed by atoms with Crippen molar-refractivity contribution >= 4 is 17.3 Å². The fourth-order valence-electron chi connectivity index (χ4n) is 1.30. The molecule has 0 fully saturated rings. The quantitative estimate of drug-likeness (QED) is 0.615. The standard InChI is InChI=1S/C8H6N2O6/c1-4-5(8(11)12)2-3-6(9(13)14)7(4)10(15)16/h2-3H,1H3,(H,11,12). The number of hydrogen-bond donors (Lipinski definition) is 1. The molecule has 1 aromatic rings. The first-order valence-electron chi connectivity index (χ1n) is 4.02. The molecule has 0 bridgehead atoms. The third-order valence-corrected chi connectivity index (χ3v) is 2.02. The van der Waals surface area contributed by atoms with Crippen molar-refractivity contribution in [1.82, 2.24) is 0 Å². The minimum Gasteiger partial charge on any atom is -0.478 e. The van der Waals surface area contributed by atoms with Crippen molar-refractivity contribution in [3.8, 4) is 0 Å². The number of aromatic carboxylic acids is 1. The van der Waals surface area contributed by atoms with Crippen LogP contribution >= 0.6 is 0 Å². The molecule has 0 radical (unpaired) electrons. The third-order valence-electron chi connectivity index (χ3n) is 2.02. The Balaban J connectivity index is 3.60. The number of carboxylic acid groups (broad SMARTS) is 1. The summed E-state index contributed by atoms with van der Waals surface area (Å²) < 4.78 is 0. The van der Waals surface area contributed by atoms with Gasteiger partial charge in [-0.05, 0) is 13.0 Å². The van der Waals surface area contributed by atoms with Crippen molar-refractivity contribution < 1.29 is 19.7 Å². The highest BCUT2D eigenvalue weighted by molar-refractivity contribution is 5.91. The second kappa shape index (κ2) is 3.93. The molecule has 84 valence electrons. The molecule has 0 spiro atoms. The number of carboxylic acids is 1. The summed E-state index contributed by atoms with van der Waals surface area (Å²) in [6.07, 6.45) is 0. The lowest BCUT2D eigenvalue weighted by Crippen LogP contribution is -2.05. The fraction of sp³-hybridized carbons (Fsp3) is 0.125. The first-order valence-corrected chi connectivity index (χ1v) is 4.02. The first kappa shape index (κ1) is 11.6. The van der Waals surface area contributed by atoms with E-state index in [1.54, 1.807) is 0 Å². The van der Waals surface area contributed by atoms with Gasteiger partial charge in [-0.15, -0.1) is 0 Å². The van der Waals surface area contributed by atoms with Gasteiger partial charge in [0.25, 0.3) is 0 Å². The van der Waals surface area contributed by atoms with Crippen molar-refractivity contribution in [2.75, 3.05) is 0 Å². The van der Waals surface area contributed by atoms with Crippen LogP contribution in [0.25, 0.3) is 0 Å². The molecule has 8 nitrogen and oxygen atoms in total. The molecule has 0 aliphatic carbocycles. The van der Waals surface area contributed by atoms with Crippen LogP contribution in [0.4, 0.5) is 11.4 Å². The number of nitro benzene ring substituents is 2. The SMILES string of the molecule is Cc1c(C(=O)O)ccc([N+](=O)[O-])c1[N+](=O)[O-]. The largest absolute Gasteiger partial charge is 0.478 e. The fourth-order valence-corrected chi connectivity index (χ4v) is 1.30. The van der Waals surface area contributed by atoms with Crippen molar-refractivity contribution in [3.63, 3.8) is 0 Å². The number of nitro groups is 2. The lowest BCUT2D eigenvalue weighted by molar-refractivity contribution is -0.422. The van der Waals surface area contributed by atoms with Crippen LogP contribution in [0.3, 0.4) is 0 Å². The Bertz CT molecular complexity index is 496. The average molecular weight is 226 g/mol. The van der Waals surface area contributed by atoms with E-state index in [4.69, 9.17) is 5.11 Å². The van der Waals surface area contributed by atoms with Crippen LogP contribution in [0.15, 0.2) is 12.1 Å². The summed E-state index contributed by atoms with van der Waals surface area (Å²) in [5, 5.41) is 29.9. The molecule has 1 N–H and O–H groups in total. The predicted molar refractivity (Wildman–Crippen MR) is 51.4 cm³/mol. The predicted octanol–water partition coefficient (Wildman–Crippen LogP) is 1.51. The van der Waals surface area contributed by atoms with Crippen molar-refractivity contribution in [2.45, 2.75) is 6.92 Å². The van der Waals surface area contributed by atoms with Crippen LogP contribution in [-0.2, 0) is 0 Å². The highest BCUT2D eigenvalue weighted by Crippen LogP contribution is 2.32.